The molecule has 0 saturated carbocycles. The average molecular weight is 1010 g/mol. The van der Waals surface area contributed by atoms with E-state index in [4.69, 9.17) is 22.3 Å². The van der Waals surface area contributed by atoms with Crippen LogP contribution in [-0.4, -0.2) is 160 Å². The van der Waals surface area contributed by atoms with E-state index in [1.807, 2.05) is 10.6 Å². The highest BCUT2D eigenvalue weighted by Gasteiger charge is 2.34. The van der Waals surface area contributed by atoms with Gasteiger partial charge in [0, 0.05) is 24.2 Å². The Morgan fingerprint density at radius 2 is 1.19 bits per heavy atom. The Hall–Kier alpha value is -9.52. The van der Waals surface area contributed by atoms with Crippen molar-refractivity contribution in [3.63, 3.8) is 0 Å². The van der Waals surface area contributed by atoms with E-state index in [9.17, 15) is 78.0 Å². The Bertz CT molecular complexity index is 2640. The van der Waals surface area contributed by atoms with Gasteiger partial charge in [-0.3, -0.25) is 62.7 Å². The Labute approximate surface area is 404 Å². The highest BCUT2D eigenvalue weighted by Crippen LogP contribution is 2.13. The van der Waals surface area contributed by atoms with Crippen LogP contribution in [0.15, 0.2) is 40.2 Å². The number of carbonyl (C=O) groups is 11. The SMILES string of the molecule is C[C@H](NC(=O)[C@@H](CC(=O)O)NC(=O)[C@@H](CC(=O)O)NC(=O)[C@@H](CCCN=C(N)N)NC(=O)[C@@H](CC(=O)O)NC(=O)CC[C@@H](NC(=O)c1ccc(NCc2cnc3nc(N)[nH]c(=O)c3n2)cc1)C(=O)O)C(=O)O. The second-order valence-electron chi connectivity index (χ2n) is 15.4. The van der Waals surface area contributed by atoms with Gasteiger partial charge in [0.25, 0.3) is 11.5 Å². The van der Waals surface area contributed by atoms with Gasteiger partial charge in [-0.25, -0.2) is 14.8 Å². The molecule has 0 aliphatic carbocycles. The number of nitrogens with one attached hydrogen (secondary N) is 8. The van der Waals surface area contributed by atoms with Crippen LogP contribution in [0.2, 0.25) is 0 Å². The van der Waals surface area contributed by atoms with E-state index in [-0.39, 0.29) is 48.1 Å². The number of anilines is 2. The summed E-state index contributed by atoms with van der Waals surface area (Å²) in [6.07, 6.45) is -3.83. The van der Waals surface area contributed by atoms with Gasteiger partial charge in [0.15, 0.2) is 17.1 Å². The molecule has 32 nitrogen and oxygen atoms in total. The van der Waals surface area contributed by atoms with Gasteiger partial charge in [-0.2, -0.15) is 4.98 Å². The molecule has 0 aliphatic heterocycles. The molecule has 6 amide bonds. The lowest BCUT2D eigenvalue weighted by Crippen LogP contribution is -2.59. The third-order valence-electron chi connectivity index (χ3n) is 9.73. The van der Waals surface area contributed by atoms with Crippen LogP contribution >= 0.6 is 0 Å². The van der Waals surface area contributed by atoms with Gasteiger partial charge in [0.2, 0.25) is 35.5 Å². The Morgan fingerprint density at radius 3 is 1.72 bits per heavy atom. The minimum Gasteiger partial charge on any atom is -0.481 e. The monoisotopic (exact) mass is 1010 g/mol. The Morgan fingerprint density at radius 1 is 0.667 bits per heavy atom. The molecular weight excluding hydrogens is 963 g/mol. The van der Waals surface area contributed by atoms with Gasteiger partial charge >= 0.3 is 29.8 Å². The fourth-order valence-electron chi connectivity index (χ4n) is 6.15. The Kier molecular flexibility index (Phi) is 21.2. The lowest BCUT2D eigenvalue weighted by atomic mass is 10.1. The van der Waals surface area contributed by atoms with Crippen LogP contribution in [0.25, 0.3) is 11.2 Å². The number of guanidine groups is 1. The lowest BCUT2D eigenvalue weighted by Gasteiger charge is -2.26. The van der Waals surface area contributed by atoms with Crippen molar-refractivity contribution in [2.24, 2.45) is 16.5 Å². The first-order valence-corrected chi connectivity index (χ1v) is 21.2. The molecule has 6 atom stereocenters. The minimum atomic E-state index is -2.08. The standard InChI is InChI=1S/C40H51N15O17/c1-16(37(69)70)47-33(65)23(12-27(59)60)53-35(67)24(13-28(61)62)52-32(64)20(3-2-10-44-39(41)42)50-34(66)22(11-26(57)58)49-25(56)9-8-21(38(71)72)51-31(63)17-4-6-18(7-5-17)45-14-19-15-46-30-29(48-19)36(68)55-40(43)54-30/h4-7,15-16,20-24,45H,2-3,8-14H2,1H3,(H,47,65)(H,49,56)(H,50,66)(H,51,63)(H,52,64)(H,53,67)(H,57,58)(H,59,60)(H,61,62)(H,69,70)(H,71,72)(H4,41,42,44)(H3,43,46,54,55,68)/t16-,20+,21+,22+,23+,24+/m0/s1. The van der Waals surface area contributed by atoms with Gasteiger partial charge in [-0.1, -0.05) is 0 Å². The molecule has 0 spiro atoms. The van der Waals surface area contributed by atoms with Crippen molar-refractivity contribution in [1.82, 2.24) is 51.8 Å². The first kappa shape index (κ1) is 56.8. The number of hydrogen-bond acceptors (Lipinski definition) is 18. The van der Waals surface area contributed by atoms with Crippen molar-refractivity contribution < 1.29 is 78.3 Å². The fraction of sp³-hybridized carbons (Fsp3) is 0.400. The molecule has 32 heteroatoms. The van der Waals surface area contributed by atoms with Crippen LogP contribution in [0.4, 0.5) is 11.6 Å². The van der Waals surface area contributed by atoms with E-state index in [2.05, 4.69) is 51.5 Å². The highest BCUT2D eigenvalue weighted by molar-refractivity contribution is 5.99. The maximum atomic E-state index is 13.6. The van der Waals surface area contributed by atoms with Crippen LogP contribution in [0.1, 0.15) is 67.9 Å². The van der Waals surface area contributed by atoms with Crippen LogP contribution in [0.3, 0.4) is 0 Å². The Balaban J connectivity index is 1.70. The van der Waals surface area contributed by atoms with E-state index in [1.165, 1.54) is 30.5 Å². The number of aromatic amines is 1. The molecule has 0 radical (unpaired) electrons. The molecule has 2 aromatic heterocycles. The summed E-state index contributed by atoms with van der Waals surface area (Å²) in [7, 11) is 0. The number of nitrogen functional groups attached to an aromatic ring is 1. The van der Waals surface area contributed by atoms with E-state index in [0.717, 1.165) is 6.92 Å². The van der Waals surface area contributed by atoms with Crippen molar-refractivity contribution in [2.45, 2.75) is 94.7 Å². The number of carboxylic acid groups (broad SMARTS) is 5. The number of fused-ring (bicyclic) bond motifs is 1. The van der Waals surface area contributed by atoms with E-state index in [1.54, 1.807) is 0 Å². The van der Waals surface area contributed by atoms with Crippen molar-refractivity contribution in [3.8, 4) is 0 Å². The number of benzene rings is 1. The number of aliphatic carboxylic acids is 5. The van der Waals surface area contributed by atoms with E-state index in [0.29, 0.717) is 11.4 Å². The molecule has 0 aliphatic rings. The molecule has 72 heavy (non-hydrogen) atoms. The summed E-state index contributed by atoms with van der Waals surface area (Å²) in [6.45, 7) is 0.950. The summed E-state index contributed by atoms with van der Waals surface area (Å²) < 4.78 is 0. The predicted octanol–water partition coefficient (Wildman–Crippen LogP) is -5.12. The van der Waals surface area contributed by atoms with Gasteiger partial charge in [0.1, 0.15) is 36.3 Å². The van der Waals surface area contributed by atoms with Crippen LogP contribution in [0, 0.1) is 0 Å². The number of aromatic nitrogens is 4. The third kappa shape index (κ3) is 18.9. The second-order valence-corrected chi connectivity index (χ2v) is 15.4. The number of amides is 6. The number of aliphatic imine (C=N–C) groups is 1. The molecule has 19 N–H and O–H groups in total. The first-order valence-electron chi connectivity index (χ1n) is 21.2. The van der Waals surface area contributed by atoms with Crippen molar-refractivity contribution in [3.05, 3.63) is 52.1 Å². The maximum Gasteiger partial charge on any atom is 0.326 e. The van der Waals surface area contributed by atoms with Gasteiger partial charge in [-0.15, -0.1) is 0 Å². The summed E-state index contributed by atoms with van der Waals surface area (Å²) in [5.74, 6) is -15.9. The summed E-state index contributed by atoms with van der Waals surface area (Å²) in [6, 6.07) is -5.37. The molecule has 3 rings (SSSR count). The van der Waals surface area contributed by atoms with Gasteiger partial charge in [-0.05, 0) is 50.5 Å². The maximum absolute atomic E-state index is 13.6. The van der Waals surface area contributed by atoms with Gasteiger partial charge in [0.05, 0.1) is 37.7 Å². The lowest BCUT2D eigenvalue weighted by molar-refractivity contribution is -0.145. The van der Waals surface area contributed by atoms with Crippen LogP contribution in [-0.2, 0) is 54.5 Å². The molecular formula is C40H51N15O17. The summed E-state index contributed by atoms with van der Waals surface area (Å²) in [5.41, 5.74) is 16.4. The van der Waals surface area contributed by atoms with E-state index >= 15 is 0 Å². The number of H-pyrrole nitrogens is 1. The number of nitrogens with two attached hydrogens (primary N) is 3. The summed E-state index contributed by atoms with van der Waals surface area (Å²) in [4.78, 5) is 168. The molecule has 0 unspecified atom stereocenters. The van der Waals surface area contributed by atoms with Gasteiger partial charge < -0.3 is 80.0 Å². The number of carboxylic acids is 5. The number of nitrogens with zero attached hydrogens (tertiary/aromatic N) is 4. The molecule has 2 heterocycles. The number of rotatable bonds is 29. The predicted molar refractivity (Wildman–Crippen MR) is 244 cm³/mol. The molecule has 3 aromatic rings. The fourth-order valence-corrected chi connectivity index (χ4v) is 6.15. The zero-order chi connectivity index (χ0) is 53.8. The molecule has 388 valence electrons. The normalized spacial score (nSPS) is 13.2. The topological polar surface area (TPSA) is 535 Å². The third-order valence-corrected chi connectivity index (χ3v) is 9.73. The van der Waals surface area contributed by atoms with Crippen LogP contribution < -0.4 is 60.0 Å². The first-order chi connectivity index (χ1) is 33.8. The zero-order valence-electron chi connectivity index (χ0n) is 37.9. The summed E-state index contributed by atoms with van der Waals surface area (Å²) in [5, 5.41) is 62.9. The smallest absolute Gasteiger partial charge is 0.326 e. The quantitative estimate of drug-likeness (QED) is 0.0176. The summed E-state index contributed by atoms with van der Waals surface area (Å²) >= 11 is 0. The minimum absolute atomic E-state index is 0.000586. The largest absolute Gasteiger partial charge is 0.481 e. The average Bonchev–Trinajstić information content (AvgIpc) is 3.29. The number of carbonyl (C=O) groups excluding carboxylic acids is 6. The molecule has 0 saturated heterocycles. The molecule has 1 aromatic carbocycles. The van der Waals surface area contributed by atoms with Crippen LogP contribution in [0.5, 0.6) is 0 Å². The second kappa shape index (κ2) is 26.9. The number of hydrogen-bond donors (Lipinski definition) is 16. The van der Waals surface area contributed by atoms with Crippen molar-refractivity contribution in [2.75, 3.05) is 17.6 Å². The van der Waals surface area contributed by atoms with Crippen molar-refractivity contribution in [1.29, 1.82) is 0 Å². The van der Waals surface area contributed by atoms with Crippen molar-refractivity contribution >= 4 is 94.0 Å². The highest BCUT2D eigenvalue weighted by atomic mass is 16.4. The molecule has 0 fully saturated rings. The molecule has 0 bridgehead atoms. The zero-order valence-corrected chi connectivity index (χ0v) is 37.9. The van der Waals surface area contributed by atoms with E-state index < -0.39 is 146 Å².